The molecular weight excluding hydrogens is 298 g/mol. The highest BCUT2D eigenvalue weighted by molar-refractivity contribution is 7.89. The van der Waals surface area contributed by atoms with E-state index < -0.39 is 22.5 Å². The fourth-order valence-electron chi connectivity index (χ4n) is 1.42. The van der Waals surface area contributed by atoms with Crippen LogP contribution in [0.4, 0.5) is 5.69 Å². The number of amides is 1. The number of hydrogen-bond donors (Lipinski definition) is 3. The summed E-state index contributed by atoms with van der Waals surface area (Å²) >= 11 is 0. The van der Waals surface area contributed by atoms with E-state index in [0.717, 1.165) is 7.11 Å². The van der Waals surface area contributed by atoms with Crippen molar-refractivity contribution in [2.75, 3.05) is 32.6 Å². The minimum atomic E-state index is -3.85. The molecule has 0 fully saturated rings. The van der Waals surface area contributed by atoms with Crippen molar-refractivity contribution in [3.05, 3.63) is 24.3 Å². The normalized spacial score (nSPS) is 11.0. The lowest BCUT2D eigenvalue weighted by Gasteiger charge is -2.09. The fraction of sp³-hybridized carbons (Fsp3) is 0.333. The van der Waals surface area contributed by atoms with Gasteiger partial charge in [-0.15, -0.1) is 0 Å². The molecule has 1 aromatic carbocycles. The minimum absolute atomic E-state index is 0.0614. The first kappa shape index (κ1) is 17.1. The van der Waals surface area contributed by atoms with Crippen LogP contribution < -0.4 is 15.4 Å². The van der Waals surface area contributed by atoms with Crippen LogP contribution in [0.2, 0.25) is 0 Å². The molecule has 0 saturated heterocycles. The number of hydrogen-bond acceptors (Lipinski definition) is 6. The Morgan fingerprint density at radius 2 is 1.95 bits per heavy atom. The summed E-state index contributed by atoms with van der Waals surface area (Å²) in [4.78, 5) is 22.3. The first-order valence-electron chi connectivity index (χ1n) is 6.00. The van der Waals surface area contributed by atoms with Gasteiger partial charge in [0.1, 0.15) is 6.54 Å². The van der Waals surface area contributed by atoms with Gasteiger partial charge in [-0.25, -0.2) is 8.42 Å². The van der Waals surface area contributed by atoms with Gasteiger partial charge in [-0.1, -0.05) is 6.07 Å². The monoisotopic (exact) mass is 315 g/mol. The molecular formula is C12H17N3O5S. The second-order valence-electron chi connectivity index (χ2n) is 4.01. The lowest BCUT2D eigenvalue weighted by atomic mass is 10.3. The topological polar surface area (TPSA) is 114 Å². The van der Waals surface area contributed by atoms with Gasteiger partial charge in [-0.2, -0.15) is 4.72 Å². The molecule has 0 saturated carbocycles. The van der Waals surface area contributed by atoms with E-state index in [0.29, 0.717) is 5.69 Å². The van der Waals surface area contributed by atoms with Crippen molar-refractivity contribution in [3.63, 3.8) is 0 Å². The number of nitrogens with one attached hydrogen (secondary N) is 3. The molecule has 1 aromatic rings. The number of ether oxygens (including phenoxy) is 1. The summed E-state index contributed by atoms with van der Waals surface area (Å²) in [6.07, 6.45) is 0. The van der Waals surface area contributed by atoms with Crippen LogP contribution in [0.1, 0.15) is 0 Å². The molecule has 1 rings (SSSR count). The molecule has 0 aliphatic rings. The van der Waals surface area contributed by atoms with Gasteiger partial charge < -0.3 is 15.4 Å². The second kappa shape index (κ2) is 7.72. The fourth-order valence-corrected chi connectivity index (χ4v) is 2.43. The van der Waals surface area contributed by atoms with Crippen molar-refractivity contribution in [1.82, 2.24) is 10.0 Å². The molecule has 0 aliphatic carbocycles. The van der Waals surface area contributed by atoms with Gasteiger partial charge in [0, 0.05) is 5.69 Å². The third-order valence-corrected chi connectivity index (χ3v) is 3.80. The maximum atomic E-state index is 12.0. The van der Waals surface area contributed by atoms with Crippen molar-refractivity contribution in [2.24, 2.45) is 0 Å². The Morgan fingerprint density at radius 3 is 2.57 bits per heavy atom. The Balaban J connectivity index is 2.83. The Kier molecular flexibility index (Phi) is 6.28. The standard InChI is InChI=1S/C12H17N3O5S/c1-13-7-11(16)15-9-4-3-5-10(6-9)21(18,19)14-8-12(17)20-2/h3-6,13-14H,7-8H2,1-2H3,(H,15,16). The number of likely N-dealkylation sites (N-methyl/N-ethyl adjacent to an activating group) is 1. The van der Waals surface area contributed by atoms with Crippen molar-refractivity contribution in [3.8, 4) is 0 Å². The van der Waals surface area contributed by atoms with Crippen LogP contribution in [0, 0.1) is 0 Å². The summed E-state index contributed by atoms with van der Waals surface area (Å²) < 4.78 is 30.4. The van der Waals surface area contributed by atoms with E-state index in [1.807, 2.05) is 0 Å². The van der Waals surface area contributed by atoms with Gasteiger partial charge in [-0.3, -0.25) is 9.59 Å². The molecule has 0 radical (unpaired) electrons. The van der Waals surface area contributed by atoms with Crippen LogP contribution in [0.15, 0.2) is 29.2 Å². The zero-order chi connectivity index (χ0) is 15.9. The van der Waals surface area contributed by atoms with E-state index in [1.165, 1.54) is 18.2 Å². The number of benzene rings is 1. The highest BCUT2D eigenvalue weighted by atomic mass is 32.2. The average Bonchev–Trinajstić information content (AvgIpc) is 2.45. The summed E-state index contributed by atoms with van der Waals surface area (Å²) in [6, 6.07) is 5.70. The van der Waals surface area contributed by atoms with Gasteiger partial charge >= 0.3 is 5.97 Å². The summed E-state index contributed by atoms with van der Waals surface area (Å²) in [5.41, 5.74) is 0.344. The van der Waals surface area contributed by atoms with Crippen LogP contribution in [0.25, 0.3) is 0 Å². The minimum Gasteiger partial charge on any atom is -0.468 e. The highest BCUT2D eigenvalue weighted by Gasteiger charge is 2.16. The third kappa shape index (κ3) is 5.50. The van der Waals surface area contributed by atoms with Gasteiger partial charge in [0.2, 0.25) is 15.9 Å². The molecule has 0 atom stereocenters. The van der Waals surface area contributed by atoms with Gasteiger partial charge in [0.15, 0.2) is 0 Å². The Bertz CT molecular complexity index is 615. The third-order valence-electron chi connectivity index (χ3n) is 2.40. The van der Waals surface area contributed by atoms with Crippen LogP contribution in [-0.2, 0) is 24.3 Å². The largest absolute Gasteiger partial charge is 0.468 e. The van der Waals surface area contributed by atoms with E-state index in [4.69, 9.17) is 0 Å². The quantitative estimate of drug-likeness (QED) is 0.573. The van der Waals surface area contributed by atoms with E-state index in [9.17, 15) is 18.0 Å². The van der Waals surface area contributed by atoms with Gasteiger partial charge in [0.25, 0.3) is 0 Å². The van der Waals surface area contributed by atoms with Gasteiger partial charge in [-0.05, 0) is 25.2 Å². The lowest BCUT2D eigenvalue weighted by Crippen LogP contribution is -2.30. The van der Waals surface area contributed by atoms with Crippen LogP contribution in [-0.4, -0.2) is 47.5 Å². The zero-order valence-corrected chi connectivity index (χ0v) is 12.5. The smallest absolute Gasteiger partial charge is 0.320 e. The molecule has 0 aliphatic heterocycles. The van der Waals surface area contributed by atoms with E-state index in [2.05, 4.69) is 20.1 Å². The number of sulfonamides is 1. The average molecular weight is 315 g/mol. The summed E-state index contributed by atoms with van der Waals surface area (Å²) in [5, 5.41) is 5.22. The van der Waals surface area contributed by atoms with E-state index in [-0.39, 0.29) is 17.3 Å². The number of methoxy groups -OCH3 is 1. The molecule has 0 bridgehead atoms. The van der Waals surface area contributed by atoms with Crippen molar-refractivity contribution in [2.45, 2.75) is 4.90 Å². The van der Waals surface area contributed by atoms with Crippen molar-refractivity contribution < 1.29 is 22.7 Å². The van der Waals surface area contributed by atoms with Crippen LogP contribution in [0.3, 0.4) is 0 Å². The first-order chi connectivity index (χ1) is 9.89. The van der Waals surface area contributed by atoms with E-state index in [1.54, 1.807) is 13.1 Å². The van der Waals surface area contributed by atoms with Gasteiger partial charge in [0.05, 0.1) is 18.6 Å². The molecule has 3 N–H and O–H groups in total. The summed E-state index contributed by atoms with van der Waals surface area (Å²) in [7, 11) is -1.07. The molecule has 8 nitrogen and oxygen atoms in total. The van der Waals surface area contributed by atoms with E-state index >= 15 is 0 Å². The molecule has 116 valence electrons. The zero-order valence-electron chi connectivity index (χ0n) is 11.7. The number of anilines is 1. The number of rotatable bonds is 7. The SMILES string of the molecule is CNCC(=O)Nc1cccc(S(=O)(=O)NCC(=O)OC)c1. The molecule has 21 heavy (non-hydrogen) atoms. The van der Waals surface area contributed by atoms with Crippen LogP contribution >= 0.6 is 0 Å². The highest BCUT2D eigenvalue weighted by Crippen LogP contribution is 2.15. The maximum Gasteiger partial charge on any atom is 0.320 e. The molecule has 0 unspecified atom stereocenters. The number of esters is 1. The Labute approximate surface area is 122 Å². The van der Waals surface area contributed by atoms with Crippen molar-refractivity contribution >= 4 is 27.6 Å². The Morgan fingerprint density at radius 1 is 1.24 bits per heavy atom. The lowest BCUT2D eigenvalue weighted by molar-refractivity contribution is -0.139. The summed E-state index contributed by atoms with van der Waals surface area (Å²) in [6.45, 7) is -0.354. The predicted octanol–water partition coefficient (Wildman–Crippen LogP) is -0.704. The molecule has 0 spiro atoms. The molecule has 1 amide bonds. The molecule has 0 heterocycles. The first-order valence-corrected chi connectivity index (χ1v) is 7.48. The summed E-state index contributed by atoms with van der Waals surface area (Å²) in [5.74, 6) is -0.994. The van der Waals surface area contributed by atoms with Crippen molar-refractivity contribution in [1.29, 1.82) is 0 Å². The number of carbonyl (C=O) groups excluding carboxylic acids is 2. The Hall–Kier alpha value is -1.97. The predicted molar refractivity (Wildman–Crippen MR) is 76.2 cm³/mol. The van der Waals surface area contributed by atoms with Crippen LogP contribution in [0.5, 0.6) is 0 Å². The number of carbonyl (C=O) groups is 2. The maximum absolute atomic E-state index is 12.0. The molecule has 9 heteroatoms. The second-order valence-corrected chi connectivity index (χ2v) is 5.77. The molecule has 0 aromatic heterocycles.